The van der Waals surface area contributed by atoms with Crippen LogP contribution in [0.15, 0.2) is 48.5 Å². The Morgan fingerprint density at radius 3 is 2.34 bits per heavy atom. The summed E-state index contributed by atoms with van der Waals surface area (Å²) in [6.07, 6.45) is 1.67. The van der Waals surface area contributed by atoms with E-state index in [2.05, 4.69) is 16.0 Å². The molecule has 156 valence electrons. The van der Waals surface area contributed by atoms with Crippen molar-refractivity contribution in [2.24, 2.45) is 5.92 Å². The lowest BCUT2D eigenvalue weighted by Gasteiger charge is -2.21. The number of carbonyl (C=O) groups excluding carboxylic acids is 2. The van der Waals surface area contributed by atoms with Crippen LogP contribution in [0.2, 0.25) is 0 Å². The van der Waals surface area contributed by atoms with E-state index in [1.54, 1.807) is 43.5 Å². The van der Waals surface area contributed by atoms with Crippen molar-refractivity contribution in [2.75, 3.05) is 37.4 Å². The predicted octanol–water partition coefficient (Wildman–Crippen LogP) is 3.07. The molecule has 1 fully saturated rings. The largest absolute Gasteiger partial charge is 0.493 e. The van der Waals surface area contributed by atoms with E-state index in [1.807, 2.05) is 12.1 Å². The van der Waals surface area contributed by atoms with Gasteiger partial charge in [-0.3, -0.25) is 9.59 Å². The molecule has 0 unspecified atom stereocenters. The second-order valence-electron chi connectivity index (χ2n) is 6.58. The third kappa shape index (κ3) is 6.66. The van der Waals surface area contributed by atoms with Crippen LogP contribution in [0.5, 0.6) is 11.5 Å². The SMILES string of the molecule is COc1ccccc1OCC(=O)Nc1cccc(NC(=O)C2CCNCC2)c1.Cl. The van der Waals surface area contributed by atoms with E-state index in [1.165, 1.54) is 0 Å². The summed E-state index contributed by atoms with van der Waals surface area (Å²) in [7, 11) is 1.55. The van der Waals surface area contributed by atoms with Gasteiger partial charge in [0.2, 0.25) is 5.91 Å². The Morgan fingerprint density at radius 2 is 1.66 bits per heavy atom. The minimum Gasteiger partial charge on any atom is -0.493 e. The molecule has 0 spiro atoms. The Balaban J connectivity index is 0.00000300. The van der Waals surface area contributed by atoms with Crippen molar-refractivity contribution in [3.63, 3.8) is 0 Å². The molecule has 29 heavy (non-hydrogen) atoms. The molecule has 2 amide bonds. The smallest absolute Gasteiger partial charge is 0.262 e. The van der Waals surface area contributed by atoms with Gasteiger partial charge in [-0.05, 0) is 56.3 Å². The van der Waals surface area contributed by atoms with Gasteiger partial charge in [-0.15, -0.1) is 12.4 Å². The second kappa shape index (κ2) is 11.3. The Hall–Kier alpha value is -2.77. The van der Waals surface area contributed by atoms with E-state index in [0.717, 1.165) is 25.9 Å². The van der Waals surface area contributed by atoms with Crippen LogP contribution in [0, 0.1) is 5.92 Å². The molecular formula is C21H26ClN3O4. The molecule has 3 rings (SSSR count). The number of ether oxygens (including phenoxy) is 2. The average Bonchev–Trinajstić information content (AvgIpc) is 2.73. The summed E-state index contributed by atoms with van der Waals surface area (Å²) >= 11 is 0. The van der Waals surface area contributed by atoms with E-state index >= 15 is 0 Å². The highest BCUT2D eigenvalue weighted by molar-refractivity contribution is 5.95. The van der Waals surface area contributed by atoms with Gasteiger partial charge < -0.3 is 25.4 Å². The lowest BCUT2D eigenvalue weighted by molar-refractivity contribution is -0.120. The first-order valence-corrected chi connectivity index (χ1v) is 9.33. The topological polar surface area (TPSA) is 88.7 Å². The molecule has 0 aromatic heterocycles. The number of rotatable bonds is 7. The van der Waals surface area contributed by atoms with Crippen LogP contribution in [-0.4, -0.2) is 38.6 Å². The minimum absolute atomic E-state index is 0. The molecule has 0 radical (unpaired) electrons. The van der Waals surface area contributed by atoms with E-state index < -0.39 is 0 Å². The number of nitrogens with one attached hydrogen (secondary N) is 3. The van der Waals surface area contributed by atoms with E-state index in [4.69, 9.17) is 9.47 Å². The maximum Gasteiger partial charge on any atom is 0.262 e. The molecule has 8 heteroatoms. The Kier molecular flexibility index (Phi) is 8.76. The molecule has 1 heterocycles. The van der Waals surface area contributed by atoms with E-state index in [9.17, 15) is 9.59 Å². The van der Waals surface area contributed by atoms with Gasteiger partial charge >= 0.3 is 0 Å². The van der Waals surface area contributed by atoms with Crippen LogP contribution < -0.4 is 25.4 Å². The molecule has 0 bridgehead atoms. The fourth-order valence-corrected chi connectivity index (χ4v) is 3.08. The number of para-hydroxylation sites is 2. The molecule has 7 nitrogen and oxygen atoms in total. The quantitative estimate of drug-likeness (QED) is 0.641. The number of hydrogen-bond acceptors (Lipinski definition) is 5. The van der Waals surface area contributed by atoms with Crippen molar-refractivity contribution in [3.05, 3.63) is 48.5 Å². The van der Waals surface area contributed by atoms with Gasteiger partial charge in [0.25, 0.3) is 5.91 Å². The fraction of sp³-hybridized carbons (Fsp3) is 0.333. The van der Waals surface area contributed by atoms with Crippen LogP contribution in [0.1, 0.15) is 12.8 Å². The molecule has 1 aliphatic heterocycles. The zero-order valence-electron chi connectivity index (χ0n) is 16.3. The Labute approximate surface area is 176 Å². The molecule has 0 aliphatic carbocycles. The van der Waals surface area contributed by atoms with Gasteiger partial charge in [0, 0.05) is 17.3 Å². The lowest BCUT2D eigenvalue weighted by Crippen LogP contribution is -2.34. The molecule has 3 N–H and O–H groups in total. The van der Waals surface area contributed by atoms with Crippen molar-refractivity contribution in [1.82, 2.24) is 5.32 Å². The van der Waals surface area contributed by atoms with Crippen LogP contribution in [0.3, 0.4) is 0 Å². The number of amides is 2. The normalized spacial score (nSPS) is 13.7. The third-order valence-corrected chi connectivity index (χ3v) is 4.55. The zero-order chi connectivity index (χ0) is 19.8. The first kappa shape index (κ1) is 22.5. The molecule has 0 saturated carbocycles. The van der Waals surface area contributed by atoms with Gasteiger partial charge in [0.15, 0.2) is 18.1 Å². The van der Waals surface area contributed by atoms with Gasteiger partial charge in [-0.1, -0.05) is 18.2 Å². The Bertz CT molecular complexity index is 825. The zero-order valence-corrected chi connectivity index (χ0v) is 17.1. The number of carbonyl (C=O) groups is 2. The number of anilines is 2. The standard InChI is InChI=1S/C21H25N3O4.ClH/c1-27-18-7-2-3-8-19(18)28-14-20(25)23-16-5-4-6-17(13-16)24-21(26)15-9-11-22-12-10-15;/h2-8,13,15,22H,9-12,14H2,1H3,(H,23,25)(H,24,26);1H. The molecule has 0 atom stereocenters. The summed E-state index contributed by atoms with van der Waals surface area (Å²) in [5.41, 5.74) is 1.25. The van der Waals surface area contributed by atoms with Gasteiger partial charge in [-0.25, -0.2) is 0 Å². The van der Waals surface area contributed by atoms with Crippen molar-refractivity contribution in [2.45, 2.75) is 12.8 Å². The lowest BCUT2D eigenvalue weighted by atomic mass is 9.97. The number of benzene rings is 2. The molecule has 1 saturated heterocycles. The van der Waals surface area contributed by atoms with E-state index in [-0.39, 0.29) is 36.7 Å². The molecule has 2 aromatic rings. The third-order valence-electron chi connectivity index (χ3n) is 4.55. The van der Waals surface area contributed by atoms with Crippen molar-refractivity contribution < 1.29 is 19.1 Å². The Morgan fingerprint density at radius 1 is 1.00 bits per heavy atom. The van der Waals surface area contributed by atoms with Gasteiger partial charge in [0.1, 0.15) is 0 Å². The number of hydrogen-bond donors (Lipinski definition) is 3. The minimum atomic E-state index is -0.298. The summed E-state index contributed by atoms with van der Waals surface area (Å²) in [5.74, 6) is 0.812. The number of methoxy groups -OCH3 is 1. The first-order valence-electron chi connectivity index (χ1n) is 9.33. The van der Waals surface area contributed by atoms with Gasteiger partial charge in [-0.2, -0.15) is 0 Å². The number of piperidine rings is 1. The maximum atomic E-state index is 12.4. The van der Waals surface area contributed by atoms with Crippen molar-refractivity contribution in [3.8, 4) is 11.5 Å². The summed E-state index contributed by atoms with van der Waals surface area (Å²) in [5, 5.41) is 8.96. The molecule has 2 aromatic carbocycles. The highest BCUT2D eigenvalue weighted by Crippen LogP contribution is 2.25. The van der Waals surface area contributed by atoms with E-state index in [0.29, 0.717) is 22.9 Å². The van der Waals surface area contributed by atoms with Crippen LogP contribution in [0.25, 0.3) is 0 Å². The van der Waals surface area contributed by atoms with Gasteiger partial charge in [0.05, 0.1) is 7.11 Å². The molecule has 1 aliphatic rings. The number of halogens is 1. The summed E-state index contributed by atoms with van der Waals surface area (Å²) < 4.78 is 10.7. The maximum absolute atomic E-state index is 12.4. The molecular weight excluding hydrogens is 394 g/mol. The monoisotopic (exact) mass is 419 g/mol. The van der Waals surface area contributed by atoms with Crippen molar-refractivity contribution >= 4 is 35.6 Å². The van der Waals surface area contributed by atoms with Crippen LogP contribution in [0.4, 0.5) is 11.4 Å². The summed E-state index contributed by atoms with van der Waals surface area (Å²) in [6, 6.07) is 14.2. The van der Waals surface area contributed by atoms with Crippen LogP contribution >= 0.6 is 12.4 Å². The highest BCUT2D eigenvalue weighted by Gasteiger charge is 2.20. The predicted molar refractivity (Wildman–Crippen MR) is 115 cm³/mol. The summed E-state index contributed by atoms with van der Waals surface area (Å²) in [4.78, 5) is 24.6. The van der Waals surface area contributed by atoms with Crippen molar-refractivity contribution in [1.29, 1.82) is 0 Å². The summed E-state index contributed by atoms with van der Waals surface area (Å²) in [6.45, 7) is 1.58. The first-order chi connectivity index (χ1) is 13.7. The fourth-order valence-electron chi connectivity index (χ4n) is 3.08. The highest BCUT2D eigenvalue weighted by atomic mass is 35.5. The average molecular weight is 420 g/mol. The second-order valence-corrected chi connectivity index (χ2v) is 6.58. The van der Waals surface area contributed by atoms with Crippen LogP contribution in [-0.2, 0) is 9.59 Å².